The number of urea groups is 1. The van der Waals surface area contributed by atoms with E-state index >= 15 is 0 Å². The van der Waals surface area contributed by atoms with Crippen molar-refractivity contribution in [2.45, 2.75) is 19.8 Å². The lowest BCUT2D eigenvalue weighted by atomic mass is 10.2. The second kappa shape index (κ2) is 9.75. The smallest absolute Gasteiger partial charge is 0.325 e. The minimum absolute atomic E-state index is 0.0999. The summed E-state index contributed by atoms with van der Waals surface area (Å²) in [5.41, 5.74) is 2.45. The van der Waals surface area contributed by atoms with E-state index in [1.165, 1.54) is 11.3 Å². The van der Waals surface area contributed by atoms with Crippen molar-refractivity contribution in [3.8, 4) is 0 Å². The normalized spacial score (nSPS) is 10.3. The van der Waals surface area contributed by atoms with E-state index in [1.807, 2.05) is 31.2 Å². The predicted molar refractivity (Wildman–Crippen MR) is 99.1 cm³/mol. The van der Waals surface area contributed by atoms with E-state index in [4.69, 9.17) is 4.74 Å². The van der Waals surface area contributed by atoms with Gasteiger partial charge in [0, 0.05) is 31.3 Å². The van der Waals surface area contributed by atoms with Crippen LogP contribution in [0.5, 0.6) is 0 Å². The van der Waals surface area contributed by atoms with Gasteiger partial charge in [0.25, 0.3) is 0 Å². The summed E-state index contributed by atoms with van der Waals surface area (Å²) in [6.07, 6.45) is 0.954. The minimum atomic E-state index is -0.367. The fourth-order valence-corrected chi connectivity index (χ4v) is 2.72. The van der Waals surface area contributed by atoms with Crippen LogP contribution in [0.25, 0.3) is 0 Å². The molecule has 0 aliphatic carbocycles. The Kier molecular flexibility index (Phi) is 7.36. The van der Waals surface area contributed by atoms with Gasteiger partial charge in [-0.2, -0.15) is 0 Å². The summed E-state index contributed by atoms with van der Waals surface area (Å²) in [5, 5.41) is 10.4. The highest BCUT2D eigenvalue weighted by Crippen LogP contribution is 2.16. The van der Waals surface area contributed by atoms with Crippen LogP contribution in [0.1, 0.15) is 17.7 Å². The van der Waals surface area contributed by atoms with Crippen LogP contribution < -0.4 is 16.0 Å². The SMILES string of the molecule is COCCCNC(=O)Cc1csc(NC(=O)Nc2ccc(C)cc2)n1. The Bertz CT molecular complexity index is 700. The number of rotatable bonds is 8. The van der Waals surface area contributed by atoms with Crippen LogP contribution in [0, 0.1) is 6.92 Å². The van der Waals surface area contributed by atoms with Crippen molar-refractivity contribution >= 4 is 34.1 Å². The van der Waals surface area contributed by atoms with E-state index < -0.39 is 0 Å². The highest BCUT2D eigenvalue weighted by atomic mass is 32.1. The Morgan fingerprint density at radius 1 is 1.20 bits per heavy atom. The molecule has 2 rings (SSSR count). The predicted octanol–water partition coefficient (Wildman–Crippen LogP) is 2.79. The number of anilines is 2. The number of aromatic nitrogens is 1. The van der Waals surface area contributed by atoms with Gasteiger partial charge in [-0.25, -0.2) is 9.78 Å². The molecule has 0 atom stereocenters. The third-order valence-electron chi connectivity index (χ3n) is 3.27. The Labute approximate surface area is 150 Å². The first-order chi connectivity index (χ1) is 12.1. The molecule has 0 aliphatic heterocycles. The van der Waals surface area contributed by atoms with E-state index in [-0.39, 0.29) is 18.4 Å². The number of aryl methyl sites for hydroxylation is 1. The van der Waals surface area contributed by atoms with Gasteiger partial charge in [-0.15, -0.1) is 11.3 Å². The molecule has 0 spiro atoms. The van der Waals surface area contributed by atoms with Crippen molar-refractivity contribution < 1.29 is 14.3 Å². The second-order valence-electron chi connectivity index (χ2n) is 5.46. The minimum Gasteiger partial charge on any atom is -0.385 e. The number of amides is 3. The molecule has 3 N–H and O–H groups in total. The first-order valence-corrected chi connectivity index (χ1v) is 8.79. The van der Waals surface area contributed by atoms with Crippen LogP contribution in [0.2, 0.25) is 0 Å². The van der Waals surface area contributed by atoms with Crippen LogP contribution in [0.3, 0.4) is 0 Å². The summed E-state index contributed by atoms with van der Waals surface area (Å²) in [7, 11) is 1.63. The fourth-order valence-electron chi connectivity index (χ4n) is 2.01. The van der Waals surface area contributed by atoms with Crippen molar-refractivity contribution in [3.63, 3.8) is 0 Å². The maximum atomic E-state index is 12.0. The average Bonchev–Trinajstić information content (AvgIpc) is 3.00. The number of carbonyl (C=O) groups is 2. The average molecular weight is 362 g/mol. The van der Waals surface area contributed by atoms with Crippen molar-refractivity contribution in [2.24, 2.45) is 0 Å². The quantitative estimate of drug-likeness (QED) is 0.630. The molecule has 1 aromatic heterocycles. The number of thiazole rings is 1. The van der Waals surface area contributed by atoms with Crippen molar-refractivity contribution in [2.75, 3.05) is 30.9 Å². The lowest BCUT2D eigenvalue weighted by molar-refractivity contribution is -0.120. The second-order valence-corrected chi connectivity index (χ2v) is 6.32. The van der Waals surface area contributed by atoms with E-state index in [2.05, 4.69) is 20.9 Å². The molecule has 3 amide bonds. The number of ether oxygens (including phenoxy) is 1. The summed E-state index contributed by atoms with van der Waals surface area (Å²) >= 11 is 1.28. The molecule has 0 radical (unpaired) electrons. The van der Waals surface area contributed by atoms with E-state index in [0.717, 1.165) is 12.0 Å². The topological polar surface area (TPSA) is 92.4 Å². The molecule has 0 fully saturated rings. The number of hydrogen-bond donors (Lipinski definition) is 3. The standard InChI is InChI=1S/C17H22N4O3S/c1-12-4-6-13(7-5-12)19-16(23)21-17-20-14(11-25-17)10-15(22)18-8-3-9-24-2/h4-7,11H,3,8-10H2,1-2H3,(H,18,22)(H2,19,20,21,23). The first-order valence-electron chi connectivity index (χ1n) is 7.91. The summed E-state index contributed by atoms with van der Waals surface area (Å²) < 4.78 is 4.92. The van der Waals surface area contributed by atoms with Crippen LogP contribution >= 0.6 is 11.3 Å². The summed E-state index contributed by atoms with van der Waals surface area (Å²) in [6.45, 7) is 3.16. The summed E-state index contributed by atoms with van der Waals surface area (Å²) in [4.78, 5) is 28.0. The van der Waals surface area contributed by atoms with Gasteiger partial charge in [0.2, 0.25) is 5.91 Å². The van der Waals surface area contributed by atoms with Crippen molar-refractivity contribution in [1.29, 1.82) is 0 Å². The Morgan fingerprint density at radius 3 is 2.68 bits per heavy atom. The zero-order valence-corrected chi connectivity index (χ0v) is 15.1. The maximum absolute atomic E-state index is 12.0. The number of methoxy groups -OCH3 is 1. The van der Waals surface area contributed by atoms with Crippen LogP contribution in [0.15, 0.2) is 29.6 Å². The molecule has 25 heavy (non-hydrogen) atoms. The molecule has 2 aromatic rings. The maximum Gasteiger partial charge on any atom is 0.325 e. The molecule has 0 unspecified atom stereocenters. The van der Waals surface area contributed by atoms with Crippen LogP contribution in [-0.2, 0) is 16.0 Å². The van der Waals surface area contributed by atoms with E-state index in [0.29, 0.717) is 29.7 Å². The summed E-state index contributed by atoms with van der Waals surface area (Å²) in [5.74, 6) is -0.0999. The Balaban J connectivity index is 1.77. The summed E-state index contributed by atoms with van der Waals surface area (Å²) in [6, 6.07) is 7.13. The van der Waals surface area contributed by atoms with Gasteiger partial charge in [0.1, 0.15) is 0 Å². The molecule has 134 valence electrons. The highest BCUT2D eigenvalue weighted by Gasteiger charge is 2.10. The molecule has 0 bridgehead atoms. The van der Waals surface area contributed by atoms with Crippen molar-refractivity contribution in [1.82, 2.24) is 10.3 Å². The molecule has 1 heterocycles. The third-order valence-corrected chi connectivity index (χ3v) is 4.08. The number of carbonyl (C=O) groups excluding carboxylic acids is 2. The molecular formula is C17H22N4O3S. The van der Waals surface area contributed by atoms with Gasteiger partial charge in [-0.1, -0.05) is 17.7 Å². The van der Waals surface area contributed by atoms with E-state index in [1.54, 1.807) is 12.5 Å². The third kappa shape index (κ3) is 6.90. The molecule has 0 saturated carbocycles. The van der Waals surface area contributed by atoms with Gasteiger partial charge >= 0.3 is 6.03 Å². The Hall–Kier alpha value is -2.45. The van der Waals surface area contributed by atoms with Crippen LogP contribution in [0.4, 0.5) is 15.6 Å². The number of nitrogens with one attached hydrogen (secondary N) is 3. The molecular weight excluding hydrogens is 340 g/mol. The molecule has 0 aliphatic rings. The monoisotopic (exact) mass is 362 g/mol. The van der Waals surface area contributed by atoms with E-state index in [9.17, 15) is 9.59 Å². The zero-order chi connectivity index (χ0) is 18.1. The van der Waals surface area contributed by atoms with Gasteiger partial charge in [0.05, 0.1) is 12.1 Å². The van der Waals surface area contributed by atoms with Gasteiger partial charge < -0.3 is 15.4 Å². The molecule has 7 nitrogen and oxygen atoms in total. The first kappa shape index (κ1) is 18.9. The molecule has 1 aromatic carbocycles. The lowest BCUT2D eigenvalue weighted by Gasteiger charge is -2.05. The van der Waals surface area contributed by atoms with Gasteiger partial charge in [-0.05, 0) is 25.5 Å². The molecule has 8 heteroatoms. The highest BCUT2D eigenvalue weighted by molar-refractivity contribution is 7.13. The van der Waals surface area contributed by atoms with Crippen LogP contribution in [-0.4, -0.2) is 37.2 Å². The van der Waals surface area contributed by atoms with Gasteiger partial charge in [0.15, 0.2) is 5.13 Å². The molecule has 0 saturated heterocycles. The zero-order valence-electron chi connectivity index (χ0n) is 14.3. The van der Waals surface area contributed by atoms with Gasteiger partial charge in [-0.3, -0.25) is 10.1 Å². The largest absolute Gasteiger partial charge is 0.385 e. The number of benzene rings is 1. The Morgan fingerprint density at radius 2 is 1.96 bits per heavy atom. The lowest BCUT2D eigenvalue weighted by Crippen LogP contribution is -2.26. The number of nitrogens with zero attached hydrogens (tertiary/aromatic N) is 1. The number of hydrogen-bond acceptors (Lipinski definition) is 5. The van der Waals surface area contributed by atoms with Crippen molar-refractivity contribution in [3.05, 3.63) is 40.9 Å². The fraction of sp³-hybridized carbons (Fsp3) is 0.353.